The van der Waals surface area contributed by atoms with Crippen molar-refractivity contribution in [3.8, 4) is 11.5 Å². The quantitative estimate of drug-likeness (QED) is 0.333. The molecule has 2 fully saturated rings. The van der Waals surface area contributed by atoms with Gasteiger partial charge in [-0.2, -0.15) is 0 Å². The minimum absolute atomic E-state index is 0. The number of para-hydroxylation sites is 3. The summed E-state index contributed by atoms with van der Waals surface area (Å²) in [6.45, 7) is 2.90. The lowest BCUT2D eigenvalue weighted by Gasteiger charge is -2.38. The van der Waals surface area contributed by atoms with Gasteiger partial charge in [-0.05, 0) is 30.2 Å². The highest BCUT2D eigenvalue weighted by molar-refractivity contribution is 14.0. The number of piperazine rings is 1. The van der Waals surface area contributed by atoms with Crippen LogP contribution in [-0.4, -0.2) is 61.6 Å². The summed E-state index contributed by atoms with van der Waals surface area (Å²) in [5.74, 6) is 0.797. The second-order valence-corrected chi connectivity index (χ2v) is 7.69. The van der Waals surface area contributed by atoms with Gasteiger partial charge >= 0.3 is 6.36 Å². The third kappa shape index (κ3) is 5.70. The third-order valence-corrected chi connectivity index (χ3v) is 5.66. The average Bonchev–Trinajstić information content (AvgIpc) is 3.51. The molecule has 2 aromatic rings. The monoisotopic (exact) mass is 562 g/mol. The number of ether oxygens (including phenoxy) is 1. The zero-order valence-electron chi connectivity index (χ0n) is 17.5. The van der Waals surface area contributed by atoms with Gasteiger partial charge < -0.3 is 25.0 Å². The molecule has 0 spiro atoms. The highest BCUT2D eigenvalue weighted by atomic mass is 127. The molecule has 1 saturated carbocycles. The minimum Gasteiger partial charge on any atom is -0.506 e. The molecular formula is C22H26F3IN4O2. The first-order chi connectivity index (χ1) is 14.9. The molecular weight excluding hydrogens is 536 g/mol. The van der Waals surface area contributed by atoms with E-state index in [1.165, 1.54) is 6.07 Å². The van der Waals surface area contributed by atoms with Crippen molar-refractivity contribution in [2.24, 2.45) is 4.99 Å². The molecule has 2 unspecified atom stereocenters. The average molecular weight is 562 g/mol. The van der Waals surface area contributed by atoms with Crippen molar-refractivity contribution in [2.45, 2.75) is 24.7 Å². The Kier molecular flexibility index (Phi) is 7.63. The normalized spacial score (nSPS) is 21.1. The molecule has 0 aromatic heterocycles. The summed E-state index contributed by atoms with van der Waals surface area (Å²) in [5.41, 5.74) is 1.37. The second kappa shape index (κ2) is 10.1. The molecule has 2 aliphatic rings. The van der Waals surface area contributed by atoms with E-state index < -0.39 is 6.36 Å². The second-order valence-electron chi connectivity index (χ2n) is 7.69. The lowest BCUT2D eigenvalue weighted by molar-refractivity contribution is -0.274. The van der Waals surface area contributed by atoms with Crippen LogP contribution < -0.4 is 15.0 Å². The van der Waals surface area contributed by atoms with Gasteiger partial charge in [-0.15, -0.1) is 37.1 Å². The van der Waals surface area contributed by atoms with E-state index in [1.54, 1.807) is 37.4 Å². The fourth-order valence-electron chi connectivity index (χ4n) is 4.06. The van der Waals surface area contributed by atoms with Crippen LogP contribution in [0.1, 0.15) is 17.9 Å². The van der Waals surface area contributed by atoms with Gasteiger partial charge in [-0.3, -0.25) is 4.99 Å². The Morgan fingerprint density at radius 3 is 2.38 bits per heavy atom. The molecule has 6 nitrogen and oxygen atoms in total. The zero-order chi connectivity index (χ0) is 22.0. The lowest BCUT2D eigenvalue weighted by atomic mass is 10.1. The van der Waals surface area contributed by atoms with E-state index in [9.17, 15) is 18.3 Å². The van der Waals surface area contributed by atoms with Crippen LogP contribution in [0, 0.1) is 0 Å². The Morgan fingerprint density at radius 2 is 1.72 bits per heavy atom. The van der Waals surface area contributed by atoms with E-state index >= 15 is 0 Å². The van der Waals surface area contributed by atoms with Gasteiger partial charge in [0, 0.05) is 45.2 Å². The number of rotatable bonds is 4. The van der Waals surface area contributed by atoms with Crippen molar-refractivity contribution in [3.05, 3.63) is 54.1 Å². The molecule has 174 valence electrons. The van der Waals surface area contributed by atoms with Crippen molar-refractivity contribution < 1.29 is 23.0 Å². The van der Waals surface area contributed by atoms with Gasteiger partial charge in [-0.25, -0.2) is 0 Å². The predicted octanol–water partition coefficient (Wildman–Crippen LogP) is 4.16. The van der Waals surface area contributed by atoms with E-state index in [1.807, 2.05) is 12.1 Å². The number of anilines is 1. The van der Waals surface area contributed by atoms with Crippen LogP contribution >= 0.6 is 24.0 Å². The lowest BCUT2D eigenvalue weighted by Crippen LogP contribution is -2.53. The predicted molar refractivity (Wildman–Crippen MR) is 128 cm³/mol. The molecule has 1 aliphatic heterocycles. The number of hydrogen-bond donors (Lipinski definition) is 2. The largest absolute Gasteiger partial charge is 0.573 e. The molecule has 2 N–H and O–H groups in total. The molecule has 4 rings (SSSR count). The maximum absolute atomic E-state index is 12.7. The number of phenols is 1. The Hall–Kier alpha value is -2.37. The number of nitrogens with one attached hydrogen (secondary N) is 1. The van der Waals surface area contributed by atoms with Crippen LogP contribution in [0.2, 0.25) is 0 Å². The van der Waals surface area contributed by atoms with Gasteiger partial charge in [0.15, 0.2) is 5.96 Å². The van der Waals surface area contributed by atoms with Crippen molar-refractivity contribution in [3.63, 3.8) is 0 Å². The van der Waals surface area contributed by atoms with Crippen LogP contribution in [0.5, 0.6) is 11.5 Å². The van der Waals surface area contributed by atoms with Crippen molar-refractivity contribution in [2.75, 3.05) is 38.1 Å². The summed E-state index contributed by atoms with van der Waals surface area (Å²) in [6, 6.07) is 13.6. The molecule has 1 heterocycles. The van der Waals surface area contributed by atoms with Gasteiger partial charge in [-0.1, -0.05) is 30.3 Å². The fourth-order valence-corrected chi connectivity index (χ4v) is 4.06. The first-order valence-corrected chi connectivity index (χ1v) is 10.2. The SMILES string of the molecule is CN=C(NC1CC1c1ccccc1OC(F)(F)F)N1CCN(c2ccccc2O)CC1.I. The van der Waals surface area contributed by atoms with E-state index in [2.05, 4.69) is 24.8 Å². The maximum Gasteiger partial charge on any atom is 0.573 e. The summed E-state index contributed by atoms with van der Waals surface area (Å²) >= 11 is 0. The third-order valence-electron chi connectivity index (χ3n) is 5.66. The van der Waals surface area contributed by atoms with Gasteiger partial charge in [0.2, 0.25) is 0 Å². The van der Waals surface area contributed by atoms with Crippen LogP contribution in [0.4, 0.5) is 18.9 Å². The van der Waals surface area contributed by atoms with Gasteiger partial charge in [0.1, 0.15) is 11.5 Å². The first-order valence-electron chi connectivity index (χ1n) is 10.2. The summed E-state index contributed by atoms with van der Waals surface area (Å²) in [6.07, 6.45) is -3.99. The summed E-state index contributed by atoms with van der Waals surface area (Å²) in [7, 11) is 1.70. The minimum atomic E-state index is -4.71. The number of halogens is 4. The Labute approximate surface area is 202 Å². The highest BCUT2D eigenvalue weighted by Gasteiger charge is 2.43. The smallest absolute Gasteiger partial charge is 0.506 e. The van der Waals surface area contributed by atoms with Gasteiger partial charge in [0.05, 0.1) is 5.69 Å². The molecule has 2 atom stereocenters. The Bertz CT molecular complexity index is 949. The van der Waals surface area contributed by atoms with Crippen LogP contribution in [-0.2, 0) is 0 Å². The molecule has 10 heteroatoms. The number of aliphatic imine (C=N–C) groups is 1. The van der Waals surface area contributed by atoms with E-state index in [-0.39, 0.29) is 47.4 Å². The molecule has 0 amide bonds. The first kappa shape index (κ1) is 24.3. The van der Waals surface area contributed by atoms with E-state index in [0.29, 0.717) is 5.56 Å². The number of benzene rings is 2. The summed E-state index contributed by atoms with van der Waals surface area (Å²) < 4.78 is 42.3. The highest BCUT2D eigenvalue weighted by Crippen LogP contribution is 2.45. The number of nitrogens with zero attached hydrogens (tertiary/aromatic N) is 3. The summed E-state index contributed by atoms with van der Waals surface area (Å²) in [4.78, 5) is 8.63. The molecule has 0 radical (unpaired) electrons. The number of aromatic hydroxyl groups is 1. The van der Waals surface area contributed by atoms with Crippen LogP contribution in [0.15, 0.2) is 53.5 Å². The molecule has 0 bridgehead atoms. The number of alkyl halides is 3. The molecule has 2 aromatic carbocycles. The van der Waals surface area contributed by atoms with Crippen molar-refractivity contribution in [1.82, 2.24) is 10.2 Å². The standard InChI is InChI=1S/C22H25F3N4O2.HI/c1-26-21(29-12-10-28(11-13-29)18-7-3-4-8-19(18)30)27-17-14-16(17)15-6-2-5-9-20(15)31-22(23,24)25;/h2-9,16-17,30H,10-14H2,1H3,(H,26,27);1H. The van der Waals surface area contributed by atoms with Crippen LogP contribution in [0.25, 0.3) is 0 Å². The van der Waals surface area contributed by atoms with Crippen LogP contribution in [0.3, 0.4) is 0 Å². The number of guanidine groups is 1. The van der Waals surface area contributed by atoms with Crippen molar-refractivity contribution in [1.29, 1.82) is 0 Å². The Balaban J connectivity index is 0.00000289. The molecule has 1 aliphatic carbocycles. The topological polar surface area (TPSA) is 60.3 Å². The zero-order valence-corrected chi connectivity index (χ0v) is 19.9. The van der Waals surface area contributed by atoms with Crippen molar-refractivity contribution >= 4 is 35.6 Å². The molecule has 1 saturated heterocycles. The van der Waals surface area contributed by atoms with Gasteiger partial charge in [0.25, 0.3) is 0 Å². The Morgan fingerprint density at radius 1 is 1.06 bits per heavy atom. The summed E-state index contributed by atoms with van der Waals surface area (Å²) in [5, 5.41) is 13.5. The van der Waals surface area contributed by atoms with E-state index in [0.717, 1.165) is 44.2 Å². The maximum atomic E-state index is 12.7. The fraction of sp³-hybridized carbons (Fsp3) is 0.409. The number of hydrogen-bond acceptors (Lipinski definition) is 4. The molecule has 32 heavy (non-hydrogen) atoms. The number of phenolic OH excluding ortho intramolecular Hbond substituents is 1. The van der Waals surface area contributed by atoms with E-state index in [4.69, 9.17) is 0 Å².